The highest BCUT2D eigenvalue weighted by Gasteiger charge is 2.07. The molecule has 1 atom stereocenters. The van der Waals surface area contributed by atoms with E-state index < -0.39 is 6.10 Å². The first-order chi connectivity index (χ1) is 8.22. The molecule has 17 heavy (non-hydrogen) atoms. The smallest absolute Gasteiger partial charge is 0.0900 e. The molecule has 94 valence electrons. The normalized spacial score (nSPS) is 12.6. The van der Waals surface area contributed by atoms with Crippen molar-refractivity contribution in [1.29, 1.82) is 0 Å². The molecular formula is C14H21NO2. The molecule has 1 rings (SSSR count). The van der Waals surface area contributed by atoms with Gasteiger partial charge in [-0.2, -0.15) is 0 Å². The number of aliphatic hydroxyl groups excluding tert-OH is 1. The summed E-state index contributed by atoms with van der Waals surface area (Å²) in [5.74, 6) is 0. The predicted octanol–water partition coefficient (Wildman–Crippen LogP) is 1.68. The Bertz CT molecular complexity index is 313. The fourth-order valence-electron chi connectivity index (χ4n) is 1.59. The van der Waals surface area contributed by atoms with Crippen molar-refractivity contribution < 1.29 is 9.84 Å². The minimum Gasteiger partial charge on any atom is -0.389 e. The van der Waals surface area contributed by atoms with Gasteiger partial charge in [-0.1, -0.05) is 36.4 Å². The van der Waals surface area contributed by atoms with Crippen molar-refractivity contribution in [3.05, 3.63) is 48.6 Å². The molecule has 0 fully saturated rings. The van der Waals surface area contributed by atoms with Crippen molar-refractivity contribution in [2.45, 2.75) is 12.7 Å². The molecule has 1 unspecified atom stereocenters. The molecule has 0 heterocycles. The van der Waals surface area contributed by atoms with Gasteiger partial charge in [-0.25, -0.2) is 0 Å². The van der Waals surface area contributed by atoms with Crippen LogP contribution < -0.4 is 0 Å². The van der Waals surface area contributed by atoms with Crippen molar-refractivity contribution in [2.24, 2.45) is 0 Å². The third-order valence-electron chi connectivity index (χ3n) is 2.38. The van der Waals surface area contributed by atoms with Crippen LogP contribution in [-0.4, -0.2) is 42.9 Å². The maximum Gasteiger partial charge on any atom is 0.0900 e. The van der Waals surface area contributed by atoms with E-state index in [1.54, 1.807) is 0 Å². The Morgan fingerprint density at radius 2 is 2.12 bits per heavy atom. The minimum absolute atomic E-state index is 0.358. The number of rotatable bonds is 8. The zero-order valence-corrected chi connectivity index (χ0v) is 10.4. The molecule has 3 nitrogen and oxygen atoms in total. The molecule has 0 aliphatic rings. The van der Waals surface area contributed by atoms with E-state index in [-0.39, 0.29) is 0 Å². The Morgan fingerprint density at radius 1 is 1.41 bits per heavy atom. The zero-order chi connectivity index (χ0) is 12.5. The van der Waals surface area contributed by atoms with Crippen LogP contribution in [0.3, 0.4) is 0 Å². The van der Waals surface area contributed by atoms with Gasteiger partial charge in [0.1, 0.15) is 0 Å². The predicted molar refractivity (Wildman–Crippen MR) is 69.8 cm³/mol. The molecule has 0 bridgehead atoms. The lowest BCUT2D eigenvalue weighted by Crippen LogP contribution is -2.32. The van der Waals surface area contributed by atoms with Gasteiger partial charge in [0.15, 0.2) is 0 Å². The topological polar surface area (TPSA) is 32.7 Å². The van der Waals surface area contributed by atoms with Gasteiger partial charge in [-0.15, -0.1) is 6.58 Å². The van der Waals surface area contributed by atoms with Crippen LogP contribution in [-0.2, 0) is 11.3 Å². The van der Waals surface area contributed by atoms with Crippen molar-refractivity contribution in [2.75, 3.05) is 26.7 Å². The van der Waals surface area contributed by atoms with Crippen LogP contribution in [0.25, 0.3) is 0 Å². The summed E-state index contributed by atoms with van der Waals surface area (Å²) in [6, 6.07) is 9.95. The summed E-state index contributed by atoms with van der Waals surface area (Å²) in [4.78, 5) is 2.00. The molecule has 0 radical (unpaired) electrons. The molecule has 0 saturated carbocycles. The van der Waals surface area contributed by atoms with E-state index in [0.717, 1.165) is 12.1 Å². The molecule has 1 N–H and O–H groups in total. The molecule has 1 aromatic carbocycles. The second-order valence-electron chi connectivity index (χ2n) is 4.16. The van der Waals surface area contributed by atoms with E-state index in [9.17, 15) is 5.11 Å². The van der Waals surface area contributed by atoms with Gasteiger partial charge in [0.2, 0.25) is 0 Å². The van der Waals surface area contributed by atoms with Crippen LogP contribution in [0.5, 0.6) is 0 Å². The number of hydrogen-bond donors (Lipinski definition) is 1. The van der Waals surface area contributed by atoms with Gasteiger partial charge in [-0.05, 0) is 12.6 Å². The second-order valence-corrected chi connectivity index (χ2v) is 4.16. The first kappa shape index (κ1) is 13.9. The Labute approximate surface area is 103 Å². The second kappa shape index (κ2) is 8.01. The summed E-state index contributed by atoms with van der Waals surface area (Å²) in [5, 5.41) is 9.72. The monoisotopic (exact) mass is 235 g/mol. The standard InChI is InChI=1S/C14H21NO2/c1-3-9-15(2)10-14(16)12-17-11-13-7-5-4-6-8-13/h3-8,14,16H,1,9-12H2,2H3. The number of aliphatic hydroxyl groups is 1. The van der Waals surface area contributed by atoms with Gasteiger partial charge in [0, 0.05) is 13.1 Å². The summed E-state index contributed by atoms with van der Waals surface area (Å²) < 4.78 is 5.46. The molecule has 3 heteroatoms. The Kier molecular flexibility index (Phi) is 6.55. The van der Waals surface area contributed by atoms with E-state index in [4.69, 9.17) is 4.74 Å². The average Bonchev–Trinajstić information content (AvgIpc) is 2.30. The summed E-state index contributed by atoms with van der Waals surface area (Å²) in [6.45, 7) is 5.93. The quantitative estimate of drug-likeness (QED) is 0.696. The highest BCUT2D eigenvalue weighted by atomic mass is 16.5. The van der Waals surface area contributed by atoms with Crippen molar-refractivity contribution in [1.82, 2.24) is 4.90 Å². The SMILES string of the molecule is C=CCN(C)CC(O)COCc1ccccc1. The third kappa shape index (κ3) is 6.22. The number of hydrogen-bond acceptors (Lipinski definition) is 3. The van der Waals surface area contributed by atoms with Crippen LogP contribution in [0.15, 0.2) is 43.0 Å². The number of benzene rings is 1. The maximum atomic E-state index is 9.72. The number of ether oxygens (including phenoxy) is 1. The summed E-state index contributed by atoms with van der Waals surface area (Å²) in [6.07, 6.45) is 1.36. The molecule has 0 aromatic heterocycles. The first-order valence-electron chi connectivity index (χ1n) is 5.81. The van der Waals surface area contributed by atoms with Crippen LogP contribution >= 0.6 is 0 Å². The molecule has 0 saturated heterocycles. The first-order valence-corrected chi connectivity index (χ1v) is 5.81. The van der Waals surface area contributed by atoms with Crippen LogP contribution in [0.1, 0.15) is 5.56 Å². The lowest BCUT2D eigenvalue weighted by molar-refractivity contribution is 0.0152. The zero-order valence-electron chi connectivity index (χ0n) is 10.4. The Hall–Kier alpha value is -1.16. The van der Waals surface area contributed by atoms with Gasteiger partial charge in [0.25, 0.3) is 0 Å². The Morgan fingerprint density at radius 3 is 2.76 bits per heavy atom. The minimum atomic E-state index is -0.455. The molecule has 0 aliphatic heterocycles. The van der Waals surface area contributed by atoms with Gasteiger partial charge in [-0.3, -0.25) is 0 Å². The van der Waals surface area contributed by atoms with Crippen molar-refractivity contribution in [3.63, 3.8) is 0 Å². The fourth-order valence-corrected chi connectivity index (χ4v) is 1.59. The van der Waals surface area contributed by atoms with Crippen molar-refractivity contribution >= 4 is 0 Å². The summed E-state index contributed by atoms with van der Waals surface area (Å²) in [5.41, 5.74) is 1.12. The third-order valence-corrected chi connectivity index (χ3v) is 2.38. The fraction of sp³-hybridized carbons (Fsp3) is 0.429. The molecule has 0 spiro atoms. The molecule has 0 aliphatic carbocycles. The van der Waals surface area contributed by atoms with Gasteiger partial charge >= 0.3 is 0 Å². The van der Waals surface area contributed by atoms with E-state index in [2.05, 4.69) is 6.58 Å². The Balaban J connectivity index is 2.16. The largest absolute Gasteiger partial charge is 0.389 e. The van der Waals surface area contributed by atoms with Gasteiger partial charge in [0.05, 0.1) is 19.3 Å². The van der Waals surface area contributed by atoms with Crippen molar-refractivity contribution in [3.8, 4) is 0 Å². The molecular weight excluding hydrogens is 214 g/mol. The summed E-state index contributed by atoms with van der Waals surface area (Å²) in [7, 11) is 1.95. The molecule has 1 aromatic rings. The number of likely N-dealkylation sites (N-methyl/N-ethyl adjacent to an activating group) is 1. The van der Waals surface area contributed by atoms with Crippen LogP contribution in [0, 0.1) is 0 Å². The lowest BCUT2D eigenvalue weighted by atomic mass is 10.2. The summed E-state index contributed by atoms with van der Waals surface area (Å²) >= 11 is 0. The number of nitrogens with zero attached hydrogens (tertiary/aromatic N) is 1. The van der Waals surface area contributed by atoms with E-state index in [1.807, 2.05) is 48.4 Å². The molecule has 0 amide bonds. The van der Waals surface area contributed by atoms with Gasteiger partial charge < -0.3 is 14.7 Å². The van der Waals surface area contributed by atoms with Crippen LogP contribution in [0.4, 0.5) is 0 Å². The van der Waals surface area contributed by atoms with E-state index >= 15 is 0 Å². The lowest BCUT2D eigenvalue weighted by Gasteiger charge is -2.18. The highest BCUT2D eigenvalue weighted by Crippen LogP contribution is 2.01. The van der Waals surface area contributed by atoms with E-state index in [0.29, 0.717) is 19.8 Å². The maximum absolute atomic E-state index is 9.72. The van der Waals surface area contributed by atoms with Crippen LogP contribution in [0.2, 0.25) is 0 Å². The van der Waals surface area contributed by atoms with E-state index in [1.165, 1.54) is 0 Å². The highest BCUT2D eigenvalue weighted by molar-refractivity contribution is 5.13. The average molecular weight is 235 g/mol.